The minimum absolute atomic E-state index is 0.152. The van der Waals surface area contributed by atoms with Gasteiger partial charge < -0.3 is 11.1 Å². The second kappa shape index (κ2) is 3.64. The van der Waals surface area contributed by atoms with Crippen LogP contribution in [0.15, 0.2) is 0 Å². The van der Waals surface area contributed by atoms with E-state index >= 15 is 0 Å². The summed E-state index contributed by atoms with van der Waals surface area (Å²) < 4.78 is 0. The summed E-state index contributed by atoms with van der Waals surface area (Å²) in [6, 6.07) is 0.152. The van der Waals surface area contributed by atoms with Gasteiger partial charge in [0.15, 0.2) is 0 Å². The minimum Gasteiger partial charge on any atom is -0.359 e. The van der Waals surface area contributed by atoms with Gasteiger partial charge >= 0.3 is 0 Å². The molecule has 11 heavy (non-hydrogen) atoms. The highest BCUT2D eigenvalue weighted by Gasteiger charge is 1.99. The van der Waals surface area contributed by atoms with Crippen LogP contribution in [-0.4, -0.2) is 22.8 Å². The Labute approximate surface area is 69.8 Å². The quantitative estimate of drug-likeness (QED) is 0.701. The molecule has 1 atom stereocenters. The number of nitrogens with zero attached hydrogens (tertiary/aromatic N) is 2. The van der Waals surface area contributed by atoms with Crippen molar-refractivity contribution in [3.63, 3.8) is 0 Å². The molecule has 0 aromatic carbocycles. The van der Waals surface area contributed by atoms with E-state index in [9.17, 15) is 0 Å². The first kappa shape index (κ1) is 8.42. The van der Waals surface area contributed by atoms with Crippen molar-refractivity contribution in [1.82, 2.24) is 10.2 Å². The third-order valence-electron chi connectivity index (χ3n) is 1.10. The van der Waals surface area contributed by atoms with E-state index in [0.717, 1.165) is 16.7 Å². The highest BCUT2D eigenvalue weighted by Crippen LogP contribution is 2.12. The molecule has 4 nitrogen and oxygen atoms in total. The minimum atomic E-state index is 0.152. The van der Waals surface area contributed by atoms with Gasteiger partial charge in [0, 0.05) is 12.6 Å². The number of rotatable bonds is 3. The molecule has 1 aromatic rings. The lowest BCUT2D eigenvalue weighted by atomic mass is 10.4. The Morgan fingerprint density at radius 2 is 2.36 bits per heavy atom. The number of aryl methyl sites for hydroxylation is 1. The molecule has 1 unspecified atom stereocenters. The van der Waals surface area contributed by atoms with E-state index in [4.69, 9.17) is 5.73 Å². The van der Waals surface area contributed by atoms with Crippen LogP contribution in [0.2, 0.25) is 0 Å². The van der Waals surface area contributed by atoms with Gasteiger partial charge in [-0.15, -0.1) is 10.2 Å². The fourth-order valence-corrected chi connectivity index (χ4v) is 1.21. The summed E-state index contributed by atoms with van der Waals surface area (Å²) in [7, 11) is 0. The summed E-state index contributed by atoms with van der Waals surface area (Å²) in [5, 5.41) is 12.7. The van der Waals surface area contributed by atoms with E-state index in [1.54, 1.807) is 11.3 Å². The van der Waals surface area contributed by atoms with Gasteiger partial charge in [-0.3, -0.25) is 0 Å². The Bertz CT molecular complexity index is 220. The number of nitrogens with two attached hydrogens (primary N) is 1. The number of aromatic nitrogens is 2. The Kier molecular flexibility index (Phi) is 2.78. The maximum atomic E-state index is 5.54. The zero-order valence-electron chi connectivity index (χ0n) is 6.66. The highest BCUT2D eigenvalue weighted by molar-refractivity contribution is 7.15. The van der Waals surface area contributed by atoms with E-state index in [-0.39, 0.29) is 6.04 Å². The van der Waals surface area contributed by atoms with Crippen molar-refractivity contribution >= 4 is 16.5 Å². The molecule has 62 valence electrons. The van der Waals surface area contributed by atoms with Crippen molar-refractivity contribution in [2.45, 2.75) is 19.9 Å². The number of hydrogen-bond donors (Lipinski definition) is 2. The highest BCUT2D eigenvalue weighted by atomic mass is 32.1. The van der Waals surface area contributed by atoms with Crippen LogP contribution >= 0.6 is 11.3 Å². The fraction of sp³-hybridized carbons (Fsp3) is 0.667. The molecule has 0 radical (unpaired) electrons. The molecule has 0 aliphatic carbocycles. The molecule has 0 saturated heterocycles. The van der Waals surface area contributed by atoms with Gasteiger partial charge in [-0.2, -0.15) is 0 Å². The van der Waals surface area contributed by atoms with Crippen LogP contribution in [0.1, 0.15) is 11.9 Å². The lowest BCUT2D eigenvalue weighted by molar-refractivity contribution is 0.778. The molecule has 1 aromatic heterocycles. The normalized spacial score (nSPS) is 13.0. The third-order valence-corrected chi connectivity index (χ3v) is 1.90. The molecule has 0 aliphatic heterocycles. The summed E-state index contributed by atoms with van der Waals surface area (Å²) in [6.45, 7) is 4.62. The summed E-state index contributed by atoms with van der Waals surface area (Å²) in [5.41, 5.74) is 5.54. The van der Waals surface area contributed by atoms with Crippen LogP contribution in [0.5, 0.6) is 0 Å². The average molecular weight is 172 g/mol. The van der Waals surface area contributed by atoms with Crippen molar-refractivity contribution in [3.05, 3.63) is 5.01 Å². The van der Waals surface area contributed by atoms with Crippen LogP contribution in [0.25, 0.3) is 0 Å². The van der Waals surface area contributed by atoms with E-state index < -0.39 is 0 Å². The van der Waals surface area contributed by atoms with Gasteiger partial charge in [0.1, 0.15) is 5.01 Å². The SMILES string of the molecule is Cc1nnc(NCC(C)N)s1. The van der Waals surface area contributed by atoms with Crippen molar-refractivity contribution in [2.75, 3.05) is 11.9 Å². The molecule has 0 bridgehead atoms. The summed E-state index contributed by atoms with van der Waals surface area (Å²) >= 11 is 1.54. The van der Waals surface area contributed by atoms with Gasteiger partial charge in [-0.05, 0) is 13.8 Å². The fourth-order valence-electron chi connectivity index (χ4n) is 0.616. The maximum absolute atomic E-state index is 5.54. The monoisotopic (exact) mass is 172 g/mol. The zero-order chi connectivity index (χ0) is 8.27. The van der Waals surface area contributed by atoms with Crippen molar-refractivity contribution < 1.29 is 0 Å². The maximum Gasteiger partial charge on any atom is 0.205 e. The number of nitrogens with one attached hydrogen (secondary N) is 1. The molecular weight excluding hydrogens is 160 g/mol. The van der Waals surface area contributed by atoms with Crippen molar-refractivity contribution in [1.29, 1.82) is 0 Å². The Morgan fingerprint density at radius 1 is 1.64 bits per heavy atom. The summed E-state index contributed by atoms with van der Waals surface area (Å²) in [5.74, 6) is 0. The van der Waals surface area contributed by atoms with Gasteiger partial charge in [0.2, 0.25) is 5.13 Å². The molecule has 0 aliphatic rings. The van der Waals surface area contributed by atoms with Gasteiger partial charge in [0.25, 0.3) is 0 Å². The van der Waals surface area contributed by atoms with Gasteiger partial charge in [-0.25, -0.2) is 0 Å². The molecule has 1 rings (SSSR count). The Balaban J connectivity index is 2.39. The Morgan fingerprint density at radius 3 is 2.82 bits per heavy atom. The summed E-state index contributed by atoms with van der Waals surface area (Å²) in [4.78, 5) is 0. The molecule has 5 heteroatoms. The lowest BCUT2D eigenvalue weighted by Crippen LogP contribution is -2.25. The topological polar surface area (TPSA) is 63.8 Å². The third kappa shape index (κ3) is 2.81. The van der Waals surface area contributed by atoms with Crippen LogP contribution in [0.3, 0.4) is 0 Å². The van der Waals surface area contributed by atoms with E-state index in [0.29, 0.717) is 0 Å². The second-order valence-electron chi connectivity index (χ2n) is 2.48. The lowest BCUT2D eigenvalue weighted by Gasteiger charge is -2.03. The summed E-state index contributed by atoms with van der Waals surface area (Å²) in [6.07, 6.45) is 0. The van der Waals surface area contributed by atoms with Crippen LogP contribution in [-0.2, 0) is 0 Å². The van der Waals surface area contributed by atoms with E-state index in [1.807, 2.05) is 13.8 Å². The zero-order valence-corrected chi connectivity index (χ0v) is 7.48. The van der Waals surface area contributed by atoms with E-state index in [1.165, 1.54) is 0 Å². The molecule has 0 amide bonds. The number of anilines is 1. The predicted molar refractivity (Wildman–Crippen MR) is 46.8 cm³/mol. The first-order valence-corrected chi connectivity index (χ1v) is 4.29. The molecule has 0 saturated carbocycles. The average Bonchev–Trinajstić information content (AvgIpc) is 2.31. The molecule has 3 N–H and O–H groups in total. The van der Waals surface area contributed by atoms with Crippen LogP contribution < -0.4 is 11.1 Å². The molecular formula is C6H12N4S. The first-order valence-electron chi connectivity index (χ1n) is 3.48. The van der Waals surface area contributed by atoms with Gasteiger partial charge in [0.05, 0.1) is 0 Å². The smallest absolute Gasteiger partial charge is 0.205 e. The second-order valence-corrected chi connectivity index (χ2v) is 3.67. The van der Waals surface area contributed by atoms with Crippen molar-refractivity contribution in [2.24, 2.45) is 5.73 Å². The van der Waals surface area contributed by atoms with Crippen LogP contribution in [0.4, 0.5) is 5.13 Å². The van der Waals surface area contributed by atoms with Crippen molar-refractivity contribution in [3.8, 4) is 0 Å². The molecule has 1 heterocycles. The predicted octanol–water partition coefficient (Wildman–Crippen LogP) is 0.606. The van der Waals surface area contributed by atoms with Crippen LogP contribution in [0, 0.1) is 6.92 Å². The number of hydrogen-bond acceptors (Lipinski definition) is 5. The van der Waals surface area contributed by atoms with E-state index in [2.05, 4.69) is 15.5 Å². The largest absolute Gasteiger partial charge is 0.359 e. The standard InChI is InChI=1S/C6H12N4S/c1-4(7)3-8-6-10-9-5(2)11-6/h4H,3,7H2,1-2H3,(H,8,10). The van der Waals surface area contributed by atoms with Gasteiger partial charge in [-0.1, -0.05) is 11.3 Å². The molecule has 0 spiro atoms. The first-order chi connectivity index (χ1) is 5.18. The molecule has 0 fully saturated rings. The Hall–Kier alpha value is -0.680.